The van der Waals surface area contributed by atoms with Gasteiger partial charge in [-0.25, -0.2) is 9.18 Å². The first-order chi connectivity index (χ1) is 9.99. The van der Waals surface area contributed by atoms with Crippen LogP contribution >= 0.6 is 15.9 Å². The quantitative estimate of drug-likeness (QED) is 0.839. The molecule has 2 aromatic carbocycles. The van der Waals surface area contributed by atoms with Crippen molar-refractivity contribution in [3.05, 3.63) is 64.4 Å². The van der Waals surface area contributed by atoms with Gasteiger partial charge in [-0.3, -0.25) is 0 Å². The van der Waals surface area contributed by atoms with Crippen LogP contribution in [0.3, 0.4) is 0 Å². The van der Waals surface area contributed by atoms with E-state index in [-0.39, 0.29) is 12.0 Å². The number of carboxylic acids is 1. The number of anilines is 1. The summed E-state index contributed by atoms with van der Waals surface area (Å²) in [6, 6.07) is 13.1. The van der Waals surface area contributed by atoms with Crippen molar-refractivity contribution in [2.24, 2.45) is 0 Å². The van der Waals surface area contributed by atoms with Crippen LogP contribution in [0.4, 0.5) is 10.1 Å². The van der Waals surface area contributed by atoms with Crippen LogP contribution in [0.25, 0.3) is 0 Å². The average Bonchev–Trinajstić information content (AvgIpc) is 2.45. The van der Waals surface area contributed by atoms with Crippen LogP contribution in [0.15, 0.2) is 53.0 Å². The summed E-state index contributed by atoms with van der Waals surface area (Å²) in [5.74, 6) is -1.65. The molecule has 1 unspecified atom stereocenters. The van der Waals surface area contributed by atoms with Gasteiger partial charge in [-0.05, 0) is 30.7 Å². The van der Waals surface area contributed by atoms with Crippen molar-refractivity contribution in [1.29, 1.82) is 0 Å². The zero-order chi connectivity index (χ0) is 15.5. The Morgan fingerprint density at radius 1 is 1.29 bits per heavy atom. The second-order valence-electron chi connectivity index (χ2n) is 4.68. The molecule has 0 fully saturated rings. The van der Waals surface area contributed by atoms with E-state index in [9.17, 15) is 14.3 Å². The van der Waals surface area contributed by atoms with Crippen molar-refractivity contribution in [3.63, 3.8) is 0 Å². The normalized spacial score (nSPS) is 13.5. The standard InChI is InChI=1S/C16H15BrFNO2/c1-2-16(15(20)21,13-8-3-4-9-14(13)18)19-12-7-5-6-11(17)10-12/h3-10,19H,2H2,1H3,(H,20,21). The molecule has 2 N–H and O–H groups in total. The maximum Gasteiger partial charge on any atom is 0.334 e. The Labute approximate surface area is 130 Å². The molecule has 0 amide bonds. The first-order valence-electron chi connectivity index (χ1n) is 6.52. The summed E-state index contributed by atoms with van der Waals surface area (Å²) in [4.78, 5) is 11.9. The molecule has 5 heteroatoms. The molecule has 0 aromatic heterocycles. The smallest absolute Gasteiger partial charge is 0.334 e. The molecule has 0 radical (unpaired) electrons. The summed E-state index contributed by atoms with van der Waals surface area (Å²) in [6.45, 7) is 1.71. The molecule has 0 aliphatic heterocycles. The fraction of sp³-hybridized carbons (Fsp3) is 0.188. The van der Waals surface area contributed by atoms with E-state index in [1.165, 1.54) is 12.1 Å². The molecular weight excluding hydrogens is 337 g/mol. The topological polar surface area (TPSA) is 49.3 Å². The van der Waals surface area contributed by atoms with Gasteiger partial charge in [0.1, 0.15) is 5.82 Å². The number of carboxylic acid groups (broad SMARTS) is 1. The van der Waals surface area contributed by atoms with Gasteiger partial charge in [0, 0.05) is 15.7 Å². The maximum atomic E-state index is 14.1. The number of rotatable bonds is 5. The Morgan fingerprint density at radius 2 is 2.00 bits per heavy atom. The molecule has 0 bridgehead atoms. The van der Waals surface area contributed by atoms with Gasteiger partial charge in [0.25, 0.3) is 0 Å². The first-order valence-corrected chi connectivity index (χ1v) is 7.31. The highest BCUT2D eigenvalue weighted by molar-refractivity contribution is 9.10. The summed E-state index contributed by atoms with van der Waals surface area (Å²) < 4.78 is 14.9. The summed E-state index contributed by atoms with van der Waals surface area (Å²) >= 11 is 3.34. The Kier molecular flexibility index (Phi) is 4.63. The predicted octanol–water partition coefficient (Wildman–Crippen LogP) is 4.39. The zero-order valence-corrected chi connectivity index (χ0v) is 13.0. The van der Waals surface area contributed by atoms with Crippen molar-refractivity contribution in [2.75, 3.05) is 5.32 Å². The van der Waals surface area contributed by atoms with E-state index >= 15 is 0 Å². The fourth-order valence-corrected chi connectivity index (χ4v) is 2.69. The number of halogens is 2. The highest BCUT2D eigenvalue weighted by atomic mass is 79.9. The van der Waals surface area contributed by atoms with Crippen LogP contribution in [0.2, 0.25) is 0 Å². The Balaban J connectivity index is 2.53. The van der Waals surface area contributed by atoms with Gasteiger partial charge < -0.3 is 10.4 Å². The van der Waals surface area contributed by atoms with Crippen LogP contribution in [0.1, 0.15) is 18.9 Å². The number of hydrogen-bond acceptors (Lipinski definition) is 2. The molecule has 1 atom stereocenters. The molecular formula is C16H15BrFNO2. The van der Waals surface area contributed by atoms with Crippen molar-refractivity contribution in [2.45, 2.75) is 18.9 Å². The molecule has 2 aromatic rings. The second-order valence-corrected chi connectivity index (χ2v) is 5.59. The zero-order valence-electron chi connectivity index (χ0n) is 11.4. The van der Waals surface area contributed by atoms with Gasteiger partial charge in [-0.1, -0.05) is 47.1 Å². The van der Waals surface area contributed by atoms with E-state index in [1.807, 2.05) is 6.07 Å². The summed E-state index contributed by atoms with van der Waals surface area (Å²) in [5.41, 5.74) is -0.775. The molecule has 21 heavy (non-hydrogen) atoms. The lowest BCUT2D eigenvalue weighted by Crippen LogP contribution is -2.43. The SMILES string of the molecule is CCC(Nc1cccc(Br)c1)(C(=O)O)c1ccccc1F. The molecule has 0 saturated carbocycles. The van der Waals surface area contributed by atoms with Crippen LogP contribution < -0.4 is 5.32 Å². The van der Waals surface area contributed by atoms with E-state index in [0.29, 0.717) is 5.69 Å². The highest BCUT2D eigenvalue weighted by Crippen LogP contribution is 2.32. The van der Waals surface area contributed by atoms with Crippen molar-refractivity contribution >= 4 is 27.6 Å². The van der Waals surface area contributed by atoms with Crippen LogP contribution in [0.5, 0.6) is 0 Å². The summed E-state index contributed by atoms with van der Waals surface area (Å²) in [5, 5.41) is 12.7. The van der Waals surface area contributed by atoms with E-state index < -0.39 is 17.3 Å². The average molecular weight is 352 g/mol. The van der Waals surface area contributed by atoms with Crippen LogP contribution in [0, 0.1) is 5.82 Å². The number of aliphatic carboxylic acids is 1. The molecule has 0 heterocycles. The lowest BCUT2D eigenvalue weighted by Gasteiger charge is -2.31. The molecule has 0 aliphatic rings. The van der Waals surface area contributed by atoms with Crippen molar-refractivity contribution in [1.82, 2.24) is 0 Å². The second kappa shape index (κ2) is 6.26. The van der Waals surface area contributed by atoms with E-state index in [0.717, 1.165) is 4.47 Å². The minimum Gasteiger partial charge on any atom is -0.479 e. The van der Waals surface area contributed by atoms with Gasteiger partial charge in [0.2, 0.25) is 0 Å². The van der Waals surface area contributed by atoms with E-state index in [4.69, 9.17) is 0 Å². The number of hydrogen-bond donors (Lipinski definition) is 2. The molecule has 0 saturated heterocycles. The Hall–Kier alpha value is -1.88. The van der Waals surface area contributed by atoms with Gasteiger partial charge in [0.15, 0.2) is 5.54 Å². The molecule has 2 rings (SSSR count). The first kappa shape index (κ1) is 15.5. The van der Waals surface area contributed by atoms with E-state index in [1.54, 1.807) is 37.3 Å². The van der Waals surface area contributed by atoms with Crippen LogP contribution in [-0.4, -0.2) is 11.1 Å². The number of carbonyl (C=O) groups is 1. The third-order valence-corrected chi connectivity index (χ3v) is 3.90. The van der Waals surface area contributed by atoms with Crippen LogP contribution in [-0.2, 0) is 10.3 Å². The third kappa shape index (κ3) is 3.08. The largest absolute Gasteiger partial charge is 0.479 e. The van der Waals surface area contributed by atoms with Gasteiger partial charge in [-0.2, -0.15) is 0 Å². The lowest BCUT2D eigenvalue weighted by molar-refractivity contribution is -0.143. The van der Waals surface area contributed by atoms with Gasteiger partial charge in [-0.15, -0.1) is 0 Å². The van der Waals surface area contributed by atoms with Crippen molar-refractivity contribution < 1.29 is 14.3 Å². The molecule has 0 aliphatic carbocycles. The third-order valence-electron chi connectivity index (χ3n) is 3.41. The molecule has 0 spiro atoms. The van der Waals surface area contributed by atoms with Gasteiger partial charge >= 0.3 is 5.97 Å². The fourth-order valence-electron chi connectivity index (χ4n) is 2.29. The highest BCUT2D eigenvalue weighted by Gasteiger charge is 2.40. The molecule has 110 valence electrons. The van der Waals surface area contributed by atoms with E-state index in [2.05, 4.69) is 21.2 Å². The predicted molar refractivity (Wildman–Crippen MR) is 83.8 cm³/mol. The Morgan fingerprint density at radius 3 is 2.57 bits per heavy atom. The van der Waals surface area contributed by atoms with Gasteiger partial charge in [0.05, 0.1) is 0 Å². The summed E-state index contributed by atoms with van der Waals surface area (Å²) in [6.07, 6.45) is 0.204. The monoisotopic (exact) mass is 351 g/mol. The maximum absolute atomic E-state index is 14.1. The minimum atomic E-state index is -1.51. The van der Waals surface area contributed by atoms with Crippen molar-refractivity contribution in [3.8, 4) is 0 Å². The number of benzene rings is 2. The minimum absolute atomic E-state index is 0.125. The molecule has 3 nitrogen and oxygen atoms in total. The Bertz CT molecular complexity index is 662. The lowest BCUT2D eigenvalue weighted by atomic mass is 9.86. The summed E-state index contributed by atoms with van der Waals surface area (Å²) in [7, 11) is 0. The number of nitrogens with one attached hydrogen (secondary N) is 1.